The van der Waals surface area contributed by atoms with Crippen LogP contribution in [0, 0.1) is 0 Å². The molecule has 0 atom stereocenters. The molecule has 0 spiro atoms. The quantitative estimate of drug-likeness (QED) is 0.449. The first-order valence-electron chi connectivity index (χ1n) is 8.63. The fourth-order valence-electron chi connectivity index (χ4n) is 3.48. The molecule has 126 valence electrons. The third kappa shape index (κ3) is 2.10. The van der Waals surface area contributed by atoms with Crippen molar-refractivity contribution in [3.8, 4) is 11.5 Å². The van der Waals surface area contributed by atoms with Gasteiger partial charge in [-0.1, -0.05) is 42.5 Å². The predicted octanol–water partition coefficient (Wildman–Crippen LogP) is 4.27. The van der Waals surface area contributed by atoms with E-state index in [2.05, 4.69) is 32.3 Å². The van der Waals surface area contributed by atoms with Gasteiger partial charge >= 0.3 is 0 Å². The molecule has 1 N–H and O–H groups in total. The van der Waals surface area contributed by atoms with Crippen molar-refractivity contribution in [1.29, 1.82) is 0 Å². The molecule has 27 heavy (non-hydrogen) atoms. The van der Waals surface area contributed by atoms with Crippen molar-refractivity contribution in [3.05, 3.63) is 66.9 Å². The highest BCUT2D eigenvalue weighted by Crippen LogP contribution is 2.26. The van der Waals surface area contributed by atoms with Crippen molar-refractivity contribution in [2.75, 3.05) is 0 Å². The van der Waals surface area contributed by atoms with Gasteiger partial charge in [-0.15, -0.1) is 10.2 Å². The van der Waals surface area contributed by atoms with Crippen LogP contribution in [0.4, 0.5) is 0 Å². The van der Waals surface area contributed by atoms with Crippen molar-refractivity contribution in [2.45, 2.75) is 0 Å². The summed E-state index contributed by atoms with van der Waals surface area (Å²) in [5, 5.41) is 11.7. The molecule has 0 fully saturated rings. The number of H-pyrrole nitrogens is 1. The van der Waals surface area contributed by atoms with Crippen molar-refractivity contribution < 1.29 is 0 Å². The van der Waals surface area contributed by atoms with Gasteiger partial charge in [-0.05, 0) is 18.2 Å². The van der Waals surface area contributed by atoms with Crippen LogP contribution < -0.4 is 0 Å². The monoisotopic (exact) mass is 348 g/mol. The lowest BCUT2D eigenvalue weighted by molar-refractivity contribution is 1.01. The molecule has 0 aliphatic carbocycles. The number of rotatable bonds is 1. The number of nitrogens with one attached hydrogen (secondary N) is 1. The molecule has 2 aromatic carbocycles. The summed E-state index contributed by atoms with van der Waals surface area (Å²) in [6.45, 7) is 0. The lowest BCUT2D eigenvalue weighted by Crippen LogP contribution is -1.96. The van der Waals surface area contributed by atoms with Crippen LogP contribution in [0.1, 0.15) is 0 Å². The average Bonchev–Trinajstić information content (AvgIpc) is 3.11. The average molecular weight is 348 g/mol. The van der Waals surface area contributed by atoms with Crippen molar-refractivity contribution >= 4 is 43.9 Å². The van der Waals surface area contributed by atoms with E-state index in [4.69, 9.17) is 9.97 Å². The Balaban J connectivity index is 1.62. The van der Waals surface area contributed by atoms with Gasteiger partial charge in [-0.3, -0.25) is 4.98 Å². The molecule has 0 saturated carbocycles. The molecule has 0 amide bonds. The van der Waals surface area contributed by atoms with Crippen LogP contribution in [-0.4, -0.2) is 30.1 Å². The fraction of sp³-hybridized carbons (Fsp3) is 0. The van der Waals surface area contributed by atoms with Crippen LogP contribution >= 0.6 is 0 Å². The fourth-order valence-corrected chi connectivity index (χ4v) is 3.48. The van der Waals surface area contributed by atoms with Crippen molar-refractivity contribution in [2.24, 2.45) is 0 Å². The SMILES string of the molecule is c1cnc2c(c1)ccc1ccc(-c3nnc4[nH]c5ccccc5c4n3)nc12. The molecular weight excluding hydrogens is 336 g/mol. The molecule has 4 aromatic heterocycles. The Kier molecular flexibility index (Phi) is 2.79. The summed E-state index contributed by atoms with van der Waals surface area (Å²) >= 11 is 0. The van der Waals surface area contributed by atoms with Gasteiger partial charge in [-0.2, -0.15) is 0 Å². The van der Waals surface area contributed by atoms with E-state index in [1.54, 1.807) is 6.20 Å². The lowest BCUT2D eigenvalue weighted by Gasteiger charge is -2.04. The van der Waals surface area contributed by atoms with Gasteiger partial charge in [-0.25, -0.2) is 9.97 Å². The van der Waals surface area contributed by atoms with E-state index in [9.17, 15) is 0 Å². The first-order valence-corrected chi connectivity index (χ1v) is 8.63. The minimum Gasteiger partial charge on any atom is -0.336 e. The second-order valence-corrected chi connectivity index (χ2v) is 6.41. The van der Waals surface area contributed by atoms with Gasteiger partial charge in [0, 0.05) is 27.9 Å². The number of aromatic amines is 1. The zero-order valence-corrected chi connectivity index (χ0v) is 14.1. The van der Waals surface area contributed by atoms with Crippen molar-refractivity contribution in [1.82, 2.24) is 30.1 Å². The highest BCUT2D eigenvalue weighted by atomic mass is 15.2. The minimum absolute atomic E-state index is 0.502. The molecule has 6 rings (SSSR count). The van der Waals surface area contributed by atoms with Gasteiger partial charge in [0.1, 0.15) is 11.2 Å². The molecule has 0 bridgehead atoms. The molecule has 0 aliphatic rings. The number of nitrogens with zero attached hydrogens (tertiary/aromatic N) is 5. The summed E-state index contributed by atoms with van der Waals surface area (Å²) in [4.78, 5) is 17.3. The summed E-state index contributed by atoms with van der Waals surface area (Å²) in [6, 6.07) is 20.0. The van der Waals surface area contributed by atoms with Crippen LogP contribution in [0.5, 0.6) is 0 Å². The van der Waals surface area contributed by atoms with Gasteiger partial charge in [0.05, 0.1) is 11.0 Å². The Labute approximate surface area is 152 Å². The zero-order valence-electron chi connectivity index (χ0n) is 14.1. The molecule has 6 nitrogen and oxygen atoms in total. The number of para-hydroxylation sites is 1. The number of aromatic nitrogens is 6. The maximum atomic E-state index is 4.81. The van der Waals surface area contributed by atoms with Crippen molar-refractivity contribution in [3.63, 3.8) is 0 Å². The Morgan fingerprint density at radius 3 is 2.48 bits per heavy atom. The first-order chi connectivity index (χ1) is 13.4. The minimum atomic E-state index is 0.502. The Morgan fingerprint density at radius 2 is 1.52 bits per heavy atom. The van der Waals surface area contributed by atoms with E-state index in [-0.39, 0.29) is 0 Å². The molecule has 0 saturated heterocycles. The second-order valence-electron chi connectivity index (χ2n) is 6.41. The van der Waals surface area contributed by atoms with E-state index in [1.165, 1.54) is 0 Å². The van der Waals surface area contributed by atoms with Gasteiger partial charge in [0.15, 0.2) is 5.65 Å². The molecule has 0 radical (unpaired) electrons. The predicted molar refractivity (Wildman–Crippen MR) is 105 cm³/mol. The Hall–Kier alpha value is -3.93. The molecule has 4 heterocycles. The van der Waals surface area contributed by atoms with E-state index in [0.29, 0.717) is 17.2 Å². The standard InChI is InChI=1S/C21H12N6/c1-2-6-15-14(5-1)19-21(24-15)27-26-20(25-19)16-10-9-13-8-7-12-4-3-11-22-17(12)18(13)23-16/h1-11H,(H,24,27). The number of hydrogen-bond donors (Lipinski definition) is 1. The first kappa shape index (κ1) is 14.3. The summed E-state index contributed by atoms with van der Waals surface area (Å²) in [5.74, 6) is 0.502. The normalized spacial score (nSPS) is 11.7. The lowest BCUT2D eigenvalue weighted by atomic mass is 10.1. The molecular formula is C21H12N6. The largest absolute Gasteiger partial charge is 0.336 e. The maximum absolute atomic E-state index is 4.81. The third-order valence-electron chi connectivity index (χ3n) is 4.78. The highest BCUT2D eigenvalue weighted by Gasteiger charge is 2.12. The highest BCUT2D eigenvalue weighted by molar-refractivity contribution is 6.04. The van der Waals surface area contributed by atoms with E-state index >= 15 is 0 Å². The van der Waals surface area contributed by atoms with Gasteiger partial charge in [0.25, 0.3) is 0 Å². The Bertz CT molecular complexity index is 1480. The molecule has 0 aliphatic heterocycles. The van der Waals surface area contributed by atoms with E-state index in [1.807, 2.05) is 48.5 Å². The van der Waals surface area contributed by atoms with Crippen LogP contribution in [0.25, 0.3) is 55.4 Å². The van der Waals surface area contributed by atoms with Gasteiger partial charge < -0.3 is 4.98 Å². The molecule has 6 aromatic rings. The van der Waals surface area contributed by atoms with E-state index < -0.39 is 0 Å². The number of fused-ring (bicyclic) bond motifs is 6. The summed E-state index contributed by atoms with van der Waals surface area (Å²) in [7, 11) is 0. The van der Waals surface area contributed by atoms with E-state index in [0.717, 1.165) is 38.2 Å². The maximum Gasteiger partial charge on any atom is 0.201 e. The smallest absolute Gasteiger partial charge is 0.201 e. The number of hydrogen-bond acceptors (Lipinski definition) is 5. The van der Waals surface area contributed by atoms with Crippen LogP contribution in [0.15, 0.2) is 66.9 Å². The summed E-state index contributed by atoms with van der Waals surface area (Å²) < 4.78 is 0. The zero-order chi connectivity index (χ0) is 17.8. The second kappa shape index (κ2) is 5.28. The Morgan fingerprint density at radius 1 is 0.667 bits per heavy atom. The molecule has 0 unspecified atom stereocenters. The summed E-state index contributed by atoms with van der Waals surface area (Å²) in [6.07, 6.45) is 1.78. The number of benzene rings is 2. The third-order valence-corrected chi connectivity index (χ3v) is 4.78. The van der Waals surface area contributed by atoms with Crippen LogP contribution in [0.2, 0.25) is 0 Å². The van der Waals surface area contributed by atoms with Crippen LogP contribution in [-0.2, 0) is 0 Å². The number of pyridine rings is 2. The summed E-state index contributed by atoms with van der Waals surface area (Å²) in [5.41, 5.74) is 4.86. The topological polar surface area (TPSA) is 80.2 Å². The van der Waals surface area contributed by atoms with Gasteiger partial charge in [0.2, 0.25) is 5.82 Å². The molecule has 6 heteroatoms. The van der Waals surface area contributed by atoms with Crippen LogP contribution in [0.3, 0.4) is 0 Å².